The lowest BCUT2D eigenvalue weighted by Gasteiger charge is -2.68. The van der Waals surface area contributed by atoms with E-state index in [1.54, 1.807) is 0 Å². The molecular weight excluding hydrogens is 435 g/mol. The van der Waals surface area contributed by atoms with Crippen molar-refractivity contribution in [2.75, 3.05) is 17.8 Å². The minimum atomic E-state index is -4.49. The molecule has 7 heteroatoms. The second-order valence-corrected chi connectivity index (χ2v) is 16.6. The summed E-state index contributed by atoms with van der Waals surface area (Å²) in [4.78, 5) is 2.09. The molecule has 0 nitrogen and oxygen atoms in total. The third-order valence-corrected chi connectivity index (χ3v) is 15.6. The first kappa shape index (κ1) is 25.1. The molecule has 0 atom stereocenters. The zero-order valence-corrected chi connectivity index (χ0v) is 19.6. The van der Waals surface area contributed by atoms with Gasteiger partial charge in [-0.15, -0.1) is 0 Å². The van der Waals surface area contributed by atoms with Gasteiger partial charge in [0.1, 0.15) is 0 Å². The van der Waals surface area contributed by atoms with Crippen LogP contribution in [0.4, 0.5) is 22.0 Å². The molecule has 170 valence electrons. The molecule has 0 saturated heterocycles. The predicted octanol–water partition coefficient (Wildman–Crippen LogP) is 8.27. The third kappa shape index (κ3) is 5.16. The van der Waals surface area contributed by atoms with Gasteiger partial charge in [0.05, 0.1) is 0 Å². The molecule has 0 amide bonds. The Balaban J connectivity index is 2.48. The van der Waals surface area contributed by atoms with Gasteiger partial charge in [0.2, 0.25) is 5.92 Å². The van der Waals surface area contributed by atoms with Crippen molar-refractivity contribution in [2.45, 2.75) is 59.6 Å². The summed E-state index contributed by atoms with van der Waals surface area (Å²) in [7, 11) is -3.16. The molecule has 2 rings (SSSR count). The van der Waals surface area contributed by atoms with Gasteiger partial charge < -0.3 is 0 Å². The summed E-state index contributed by atoms with van der Waals surface area (Å²) in [6.07, 6.45) is 0.912. The zero-order valence-electron chi connectivity index (χ0n) is 17.8. The normalized spacial score (nSPS) is 14.9. The number of rotatable bonds is 8. The Labute approximate surface area is 180 Å². The number of thioether (sulfide) groups is 1. The smallest absolute Gasteiger partial charge is 0.239 e. The fourth-order valence-electron chi connectivity index (χ4n) is 4.06. The van der Waals surface area contributed by atoms with Gasteiger partial charge in [-0.1, -0.05) is 93.2 Å². The van der Waals surface area contributed by atoms with Crippen molar-refractivity contribution in [3.8, 4) is 0 Å². The zero-order chi connectivity index (χ0) is 22.7. The van der Waals surface area contributed by atoms with Crippen LogP contribution in [0, 0.1) is 0 Å². The molecule has 0 N–H and O–H groups in total. The predicted molar refractivity (Wildman–Crippen MR) is 122 cm³/mol. The summed E-state index contributed by atoms with van der Waals surface area (Å²) >= 11 is -0.378. The molecule has 0 unspecified atom stereocenters. The summed E-state index contributed by atoms with van der Waals surface area (Å²) in [5.41, 5.74) is -4.49. The quantitative estimate of drug-likeness (QED) is 0.302. The van der Waals surface area contributed by atoms with E-state index in [1.807, 2.05) is 60.7 Å². The van der Waals surface area contributed by atoms with Crippen molar-refractivity contribution in [3.63, 3.8) is 0 Å². The summed E-state index contributed by atoms with van der Waals surface area (Å²) in [6, 6.07) is 19.5. The molecule has 0 bridgehead atoms. The number of hydrogen-bond donors (Lipinski definition) is 1. The summed E-state index contributed by atoms with van der Waals surface area (Å²) in [5.74, 6) is -3.57. The van der Waals surface area contributed by atoms with E-state index in [-0.39, 0.29) is 22.3 Å². The van der Waals surface area contributed by atoms with Gasteiger partial charge in [0.15, 0.2) is 0 Å². The average molecular weight is 467 g/mol. The van der Waals surface area contributed by atoms with Crippen LogP contribution in [-0.2, 0) is 0 Å². The summed E-state index contributed by atoms with van der Waals surface area (Å²) < 4.78 is 66.4. The molecule has 0 spiro atoms. The fourth-order valence-corrected chi connectivity index (χ4v) is 10.6. The lowest BCUT2D eigenvalue weighted by molar-refractivity contribution is -0.0340. The number of hydrogen-bond acceptors (Lipinski definition) is 1. The Kier molecular flexibility index (Phi) is 7.29. The van der Waals surface area contributed by atoms with Crippen LogP contribution in [0.5, 0.6) is 0 Å². The molecule has 0 aromatic heterocycles. The average Bonchev–Trinajstić information content (AvgIpc) is 2.65. The Morgan fingerprint density at radius 3 is 1.53 bits per heavy atom. The maximum Gasteiger partial charge on any atom is 0.441 e. The van der Waals surface area contributed by atoms with E-state index in [2.05, 4.69) is 27.0 Å². The lowest BCUT2D eigenvalue weighted by atomic mass is 10.2. The van der Waals surface area contributed by atoms with E-state index in [4.69, 9.17) is 0 Å². The van der Waals surface area contributed by atoms with Gasteiger partial charge in [-0.2, -0.15) is 13.2 Å². The van der Waals surface area contributed by atoms with E-state index >= 15 is 0 Å². The molecule has 0 fully saturated rings. The van der Waals surface area contributed by atoms with E-state index in [0.29, 0.717) is 0 Å². The largest absolute Gasteiger partial charge is 0.441 e. The van der Waals surface area contributed by atoms with Crippen LogP contribution in [0.2, 0.25) is 0 Å². The van der Waals surface area contributed by atoms with Crippen LogP contribution in [-0.4, -0.2) is 33.9 Å². The molecule has 0 aliphatic heterocycles. The van der Waals surface area contributed by atoms with Gasteiger partial charge in [0, 0.05) is 18.6 Å². The number of benzene rings is 2. The van der Waals surface area contributed by atoms with Gasteiger partial charge in [-0.25, -0.2) is 17.9 Å². The van der Waals surface area contributed by atoms with Gasteiger partial charge in [0.25, 0.3) is 0 Å². The standard InChI is InChI=1S/C23H31F5S2/c1-21(2,3)30(4,19-11-7-5-8-12-19,20-13-9-6-10-14-20)18-16-22(24,25)15-17-29-23(26,27)28/h5-14,30H,15-18H2,1-4H3. The molecule has 2 aromatic carbocycles. The Bertz CT molecular complexity index is 771. The highest BCUT2D eigenvalue weighted by molar-refractivity contribution is 8.50. The maximum absolute atomic E-state index is 14.8. The van der Waals surface area contributed by atoms with Crippen molar-refractivity contribution in [1.29, 1.82) is 0 Å². The fraction of sp³-hybridized carbons (Fsp3) is 0.478. The molecule has 0 aliphatic carbocycles. The second-order valence-electron chi connectivity index (χ2n) is 9.01. The SMILES string of the molecule is CC(C)(C)[SH](C)(CCC(F)(F)CCSC(F)(F)F)(c1ccccc1)c1ccccc1. The van der Waals surface area contributed by atoms with Crippen LogP contribution in [0.25, 0.3) is 0 Å². The highest BCUT2D eigenvalue weighted by Crippen LogP contribution is 2.85. The minimum Gasteiger partial charge on any atom is -0.239 e. The molecule has 0 heterocycles. The van der Waals surface area contributed by atoms with Crippen molar-refractivity contribution in [2.24, 2.45) is 0 Å². The first-order chi connectivity index (χ1) is 13.7. The molecule has 0 saturated carbocycles. The van der Waals surface area contributed by atoms with Crippen LogP contribution >= 0.6 is 20.9 Å². The molecular formula is C23H31F5S2. The first-order valence-corrected chi connectivity index (χ1v) is 13.8. The Morgan fingerprint density at radius 1 is 0.733 bits per heavy atom. The highest BCUT2D eigenvalue weighted by Gasteiger charge is 2.51. The van der Waals surface area contributed by atoms with E-state index in [9.17, 15) is 22.0 Å². The van der Waals surface area contributed by atoms with Gasteiger partial charge in [-0.3, -0.25) is 0 Å². The monoisotopic (exact) mass is 466 g/mol. The van der Waals surface area contributed by atoms with Crippen LogP contribution in [0.15, 0.2) is 70.5 Å². The van der Waals surface area contributed by atoms with Crippen molar-refractivity contribution in [3.05, 3.63) is 60.7 Å². The molecule has 2 aromatic rings. The van der Waals surface area contributed by atoms with E-state index in [0.717, 1.165) is 9.79 Å². The van der Waals surface area contributed by atoms with Crippen LogP contribution in [0.1, 0.15) is 33.6 Å². The number of thiol groups is 1. The maximum atomic E-state index is 14.8. The van der Waals surface area contributed by atoms with Gasteiger partial charge >= 0.3 is 5.51 Å². The summed E-state index contributed by atoms with van der Waals surface area (Å²) in [5, 5.41) is 0. The highest BCUT2D eigenvalue weighted by atomic mass is 32.3. The minimum absolute atomic E-state index is 0.229. The molecule has 30 heavy (non-hydrogen) atoms. The molecule has 0 radical (unpaired) electrons. The second kappa shape index (κ2) is 8.73. The molecule has 0 aliphatic rings. The summed E-state index contributed by atoms with van der Waals surface area (Å²) in [6.45, 7) is 6.26. The van der Waals surface area contributed by atoms with Crippen molar-refractivity contribution >= 4 is 20.9 Å². The first-order valence-electron chi connectivity index (χ1n) is 9.90. The van der Waals surface area contributed by atoms with Crippen LogP contribution in [0.3, 0.4) is 0 Å². The Morgan fingerprint density at radius 2 is 1.17 bits per heavy atom. The lowest BCUT2D eigenvalue weighted by Crippen LogP contribution is -2.41. The van der Waals surface area contributed by atoms with Crippen molar-refractivity contribution in [1.82, 2.24) is 0 Å². The van der Waals surface area contributed by atoms with Crippen molar-refractivity contribution < 1.29 is 22.0 Å². The number of alkyl halides is 5. The number of halogens is 5. The van der Waals surface area contributed by atoms with E-state index < -0.39 is 39.2 Å². The van der Waals surface area contributed by atoms with Gasteiger partial charge in [-0.05, 0) is 26.5 Å². The van der Waals surface area contributed by atoms with E-state index in [1.165, 1.54) is 0 Å². The topological polar surface area (TPSA) is 0 Å². The third-order valence-electron chi connectivity index (χ3n) is 6.50. The Hall–Kier alpha value is -1.21. The van der Waals surface area contributed by atoms with Crippen LogP contribution < -0.4 is 0 Å².